The molecule has 3 rings (SSSR count). The molecule has 23 heavy (non-hydrogen) atoms. The van der Waals surface area contributed by atoms with Gasteiger partial charge in [0.05, 0.1) is 12.1 Å². The smallest absolute Gasteiger partial charge is 0.244 e. The molecule has 4 nitrogen and oxygen atoms in total. The second-order valence-corrected chi connectivity index (χ2v) is 6.61. The van der Waals surface area contributed by atoms with Gasteiger partial charge in [-0.1, -0.05) is 17.7 Å². The monoisotopic (exact) mass is 325 g/mol. The van der Waals surface area contributed by atoms with Gasteiger partial charge in [0.15, 0.2) is 0 Å². The molecule has 0 saturated heterocycles. The Labute approximate surface area is 139 Å². The van der Waals surface area contributed by atoms with Gasteiger partial charge in [0.2, 0.25) is 5.91 Å². The zero-order valence-electron chi connectivity index (χ0n) is 13.4. The SMILES string of the molecule is C/C(=N/NC(=O)Cc1c(C)[nH]c2ccc(C)cc12)c1cccs1. The largest absolute Gasteiger partial charge is 0.358 e. The lowest BCUT2D eigenvalue weighted by Gasteiger charge is -2.03. The van der Waals surface area contributed by atoms with E-state index in [1.807, 2.05) is 31.4 Å². The van der Waals surface area contributed by atoms with E-state index in [2.05, 4.69) is 40.6 Å². The number of aryl methyl sites for hydroxylation is 2. The number of aromatic nitrogens is 1. The first kappa shape index (κ1) is 15.5. The molecule has 0 saturated carbocycles. The number of nitrogens with one attached hydrogen (secondary N) is 2. The Bertz CT molecular complexity index is 875. The molecule has 2 N–H and O–H groups in total. The Morgan fingerprint density at radius 3 is 2.87 bits per heavy atom. The van der Waals surface area contributed by atoms with Crippen molar-refractivity contribution in [2.24, 2.45) is 5.10 Å². The van der Waals surface area contributed by atoms with Crippen molar-refractivity contribution >= 4 is 33.9 Å². The first-order valence-electron chi connectivity index (χ1n) is 7.49. The van der Waals surface area contributed by atoms with Gasteiger partial charge >= 0.3 is 0 Å². The first-order chi connectivity index (χ1) is 11.0. The van der Waals surface area contributed by atoms with Crippen LogP contribution < -0.4 is 5.43 Å². The summed E-state index contributed by atoms with van der Waals surface area (Å²) < 4.78 is 0. The predicted molar refractivity (Wildman–Crippen MR) is 96.1 cm³/mol. The second-order valence-electron chi connectivity index (χ2n) is 5.66. The Balaban J connectivity index is 1.77. The molecule has 3 aromatic rings. The molecule has 0 radical (unpaired) electrons. The third-order valence-electron chi connectivity index (χ3n) is 3.84. The quantitative estimate of drug-likeness (QED) is 0.554. The van der Waals surface area contributed by atoms with E-state index in [1.165, 1.54) is 5.56 Å². The highest BCUT2D eigenvalue weighted by atomic mass is 32.1. The van der Waals surface area contributed by atoms with Gasteiger partial charge in [0.25, 0.3) is 0 Å². The minimum absolute atomic E-state index is 0.105. The van der Waals surface area contributed by atoms with Crippen molar-refractivity contribution in [1.82, 2.24) is 10.4 Å². The number of carbonyl (C=O) groups excluding carboxylic acids is 1. The normalized spacial score (nSPS) is 11.9. The van der Waals surface area contributed by atoms with Crippen molar-refractivity contribution in [3.63, 3.8) is 0 Å². The van der Waals surface area contributed by atoms with Crippen LogP contribution in [-0.4, -0.2) is 16.6 Å². The summed E-state index contributed by atoms with van der Waals surface area (Å²) in [7, 11) is 0. The van der Waals surface area contributed by atoms with Crippen LogP contribution in [0.5, 0.6) is 0 Å². The maximum atomic E-state index is 12.2. The number of hydrazone groups is 1. The number of aromatic amines is 1. The molecular formula is C18H19N3OS. The summed E-state index contributed by atoms with van der Waals surface area (Å²) in [5, 5.41) is 7.29. The fourth-order valence-electron chi connectivity index (χ4n) is 2.61. The minimum atomic E-state index is -0.105. The van der Waals surface area contributed by atoms with Crippen LogP contribution in [0.25, 0.3) is 10.9 Å². The third-order valence-corrected chi connectivity index (χ3v) is 4.82. The lowest BCUT2D eigenvalue weighted by atomic mass is 10.1. The fourth-order valence-corrected chi connectivity index (χ4v) is 3.29. The van der Waals surface area contributed by atoms with Crippen LogP contribution in [0, 0.1) is 13.8 Å². The maximum Gasteiger partial charge on any atom is 0.244 e. The van der Waals surface area contributed by atoms with E-state index in [1.54, 1.807) is 11.3 Å². The molecule has 2 heterocycles. The molecule has 1 aromatic carbocycles. The molecule has 1 amide bonds. The van der Waals surface area contributed by atoms with Crippen LogP contribution >= 0.6 is 11.3 Å². The van der Waals surface area contributed by atoms with E-state index in [-0.39, 0.29) is 5.91 Å². The Hall–Kier alpha value is -2.40. The van der Waals surface area contributed by atoms with Crippen molar-refractivity contribution in [3.05, 3.63) is 57.4 Å². The standard InChI is InChI=1S/C18H19N3OS/c1-11-6-7-16-15(9-11)14(12(2)19-16)10-18(22)21-20-13(3)17-5-4-8-23-17/h4-9,19H,10H2,1-3H3,(H,21,22)/b20-13-. The zero-order chi connectivity index (χ0) is 16.4. The summed E-state index contributed by atoms with van der Waals surface area (Å²) >= 11 is 1.61. The van der Waals surface area contributed by atoms with E-state index in [0.717, 1.165) is 32.7 Å². The van der Waals surface area contributed by atoms with Gasteiger partial charge in [-0.3, -0.25) is 4.79 Å². The highest BCUT2D eigenvalue weighted by Crippen LogP contribution is 2.23. The van der Waals surface area contributed by atoms with Crippen LogP contribution in [0.2, 0.25) is 0 Å². The molecule has 118 valence electrons. The van der Waals surface area contributed by atoms with Crippen molar-refractivity contribution < 1.29 is 4.79 Å². The van der Waals surface area contributed by atoms with E-state index in [4.69, 9.17) is 0 Å². The summed E-state index contributed by atoms with van der Waals surface area (Å²) in [6.45, 7) is 5.95. The molecule has 0 aliphatic rings. The van der Waals surface area contributed by atoms with E-state index < -0.39 is 0 Å². The predicted octanol–water partition coefficient (Wildman–Crippen LogP) is 3.93. The highest BCUT2D eigenvalue weighted by Gasteiger charge is 2.12. The van der Waals surface area contributed by atoms with Crippen LogP contribution in [-0.2, 0) is 11.2 Å². The average molecular weight is 325 g/mol. The van der Waals surface area contributed by atoms with E-state index in [9.17, 15) is 4.79 Å². The Morgan fingerprint density at radius 1 is 1.30 bits per heavy atom. The molecular weight excluding hydrogens is 306 g/mol. The lowest BCUT2D eigenvalue weighted by Crippen LogP contribution is -2.21. The van der Waals surface area contributed by atoms with E-state index in [0.29, 0.717) is 6.42 Å². The number of carbonyl (C=O) groups is 1. The number of nitrogens with zero attached hydrogens (tertiary/aromatic N) is 1. The van der Waals surface area contributed by atoms with Crippen molar-refractivity contribution in [2.75, 3.05) is 0 Å². The number of benzene rings is 1. The zero-order valence-corrected chi connectivity index (χ0v) is 14.3. The maximum absolute atomic E-state index is 12.2. The summed E-state index contributed by atoms with van der Waals surface area (Å²) in [4.78, 5) is 16.6. The van der Waals surface area contributed by atoms with Crippen LogP contribution in [0.4, 0.5) is 0 Å². The van der Waals surface area contributed by atoms with Gasteiger partial charge in [-0.15, -0.1) is 11.3 Å². The molecule has 0 aliphatic carbocycles. The lowest BCUT2D eigenvalue weighted by molar-refractivity contribution is -0.120. The number of thiophene rings is 1. The number of H-pyrrole nitrogens is 1. The van der Waals surface area contributed by atoms with Crippen LogP contribution in [0.3, 0.4) is 0 Å². The highest BCUT2D eigenvalue weighted by molar-refractivity contribution is 7.12. The molecule has 0 bridgehead atoms. The van der Waals surface area contributed by atoms with Gasteiger partial charge in [0.1, 0.15) is 0 Å². The van der Waals surface area contributed by atoms with Crippen molar-refractivity contribution in [3.8, 4) is 0 Å². The number of rotatable bonds is 4. The minimum Gasteiger partial charge on any atom is -0.358 e. The molecule has 0 aliphatic heterocycles. The van der Waals surface area contributed by atoms with Crippen LogP contribution in [0.1, 0.15) is 28.6 Å². The number of amides is 1. The number of fused-ring (bicyclic) bond motifs is 1. The molecule has 5 heteroatoms. The summed E-state index contributed by atoms with van der Waals surface area (Å²) in [5.74, 6) is -0.105. The number of hydrogen-bond acceptors (Lipinski definition) is 3. The topological polar surface area (TPSA) is 57.2 Å². The van der Waals surface area contributed by atoms with Gasteiger partial charge in [-0.05, 0) is 49.9 Å². The Kier molecular flexibility index (Phi) is 4.30. The molecule has 0 fully saturated rings. The summed E-state index contributed by atoms with van der Waals surface area (Å²) in [6.07, 6.45) is 0.316. The van der Waals surface area contributed by atoms with Gasteiger partial charge < -0.3 is 4.98 Å². The fraction of sp³-hybridized carbons (Fsp3) is 0.222. The van der Waals surface area contributed by atoms with Crippen molar-refractivity contribution in [1.29, 1.82) is 0 Å². The summed E-state index contributed by atoms with van der Waals surface area (Å²) in [5.41, 5.74) is 7.79. The first-order valence-corrected chi connectivity index (χ1v) is 8.37. The van der Waals surface area contributed by atoms with Gasteiger partial charge in [0, 0.05) is 21.5 Å². The van der Waals surface area contributed by atoms with Gasteiger partial charge in [-0.2, -0.15) is 5.10 Å². The average Bonchev–Trinajstić information content (AvgIpc) is 3.15. The van der Waals surface area contributed by atoms with Crippen LogP contribution in [0.15, 0.2) is 40.8 Å². The van der Waals surface area contributed by atoms with Gasteiger partial charge in [-0.25, -0.2) is 5.43 Å². The number of hydrogen-bond donors (Lipinski definition) is 2. The van der Waals surface area contributed by atoms with E-state index >= 15 is 0 Å². The molecule has 0 atom stereocenters. The molecule has 0 spiro atoms. The Morgan fingerprint density at radius 2 is 2.13 bits per heavy atom. The summed E-state index contributed by atoms with van der Waals surface area (Å²) in [6, 6.07) is 10.2. The molecule has 0 unspecified atom stereocenters. The van der Waals surface area contributed by atoms with Crippen molar-refractivity contribution in [2.45, 2.75) is 27.2 Å². The third kappa shape index (κ3) is 3.35. The second kappa shape index (κ2) is 6.38. The molecule has 2 aromatic heterocycles.